The van der Waals surface area contributed by atoms with Crippen LogP contribution in [-0.4, -0.2) is 8.07 Å². The van der Waals surface area contributed by atoms with Crippen LogP contribution in [0.25, 0.3) is 61.3 Å². The van der Waals surface area contributed by atoms with Crippen molar-refractivity contribution in [2.75, 3.05) is 0 Å². The highest BCUT2D eigenvalue weighted by molar-refractivity contribution is 6.88. The van der Waals surface area contributed by atoms with Crippen molar-refractivity contribution in [3.05, 3.63) is 144 Å². The number of para-hydroxylation sites is 1. The molecule has 3 atom stereocenters. The van der Waals surface area contributed by atoms with Gasteiger partial charge in [-0.1, -0.05) is 107 Å². The van der Waals surface area contributed by atoms with Crippen LogP contribution in [0.4, 0.5) is 0 Å². The lowest BCUT2D eigenvalue weighted by Gasteiger charge is -2.32. The fraction of sp³-hybridized carbons (Fsp3) is 0.280. The Hall–Kier alpha value is -5.06. The van der Waals surface area contributed by atoms with Crippen molar-refractivity contribution in [1.82, 2.24) is 0 Å². The minimum Gasteiger partial charge on any atom is -0.455 e. The van der Waals surface area contributed by atoms with Crippen LogP contribution < -0.4 is 14.3 Å². The maximum atomic E-state index is 7.04. The minimum absolute atomic E-state index is 0.234. The summed E-state index contributed by atoms with van der Waals surface area (Å²) in [5.74, 6) is 1.24. The Labute approximate surface area is 321 Å². The first-order chi connectivity index (χ1) is 26.0. The topological polar surface area (TPSA) is 20.9 Å². The van der Waals surface area contributed by atoms with Crippen LogP contribution in [-0.2, 0) is 6.42 Å². The quantitative estimate of drug-likeness (QED) is 0.131. The van der Waals surface area contributed by atoms with E-state index in [0.717, 1.165) is 41.5 Å². The van der Waals surface area contributed by atoms with Crippen LogP contribution in [0.1, 0.15) is 73.7 Å². The van der Waals surface area contributed by atoms with Crippen molar-refractivity contribution < 1.29 is 13.6 Å². The predicted molar refractivity (Wildman–Crippen MR) is 228 cm³/mol. The molecular formula is C50H52N2OSi+2. The number of furan rings is 1. The first kappa shape index (κ1) is 34.7. The number of benzene rings is 4. The lowest BCUT2D eigenvalue weighted by molar-refractivity contribution is -0.719. The van der Waals surface area contributed by atoms with Crippen LogP contribution in [0, 0.1) is 12.8 Å². The van der Waals surface area contributed by atoms with Gasteiger partial charge >= 0.3 is 0 Å². The molecule has 0 aliphatic carbocycles. The minimum atomic E-state index is -1.61. The van der Waals surface area contributed by atoms with Crippen LogP contribution >= 0.6 is 0 Å². The summed E-state index contributed by atoms with van der Waals surface area (Å²) in [5, 5.41) is 3.88. The third-order valence-corrected chi connectivity index (χ3v) is 14.8. The smallest absolute Gasteiger partial charge is 0.222 e. The Morgan fingerprint density at radius 2 is 1.56 bits per heavy atom. The molecule has 3 aromatic heterocycles. The van der Waals surface area contributed by atoms with Gasteiger partial charge < -0.3 is 4.42 Å². The highest BCUT2D eigenvalue weighted by atomic mass is 28.3. The molecule has 4 heteroatoms. The summed E-state index contributed by atoms with van der Waals surface area (Å²) in [6.45, 7) is 21.7. The van der Waals surface area contributed by atoms with Crippen molar-refractivity contribution in [2.45, 2.75) is 84.5 Å². The number of allylic oxidation sites excluding steroid dienone is 1. The van der Waals surface area contributed by atoms with Gasteiger partial charge in [0, 0.05) is 45.6 Å². The number of nitrogens with zero attached hydrogens (tertiary/aromatic N) is 2. The van der Waals surface area contributed by atoms with Gasteiger partial charge in [-0.15, -0.1) is 0 Å². The molecule has 0 amide bonds. The molecule has 5 heterocycles. The van der Waals surface area contributed by atoms with Crippen LogP contribution in [0.3, 0.4) is 0 Å². The van der Waals surface area contributed by atoms with E-state index in [1.165, 1.54) is 66.5 Å². The van der Waals surface area contributed by atoms with Gasteiger partial charge in [-0.3, -0.25) is 0 Å². The number of aryl methyl sites for hydroxylation is 2. The molecule has 2 aliphatic rings. The lowest BCUT2D eigenvalue weighted by atomic mass is 9.77. The van der Waals surface area contributed by atoms with Crippen LogP contribution in [0.5, 0.6) is 0 Å². The van der Waals surface area contributed by atoms with Gasteiger partial charge in [0.25, 0.3) is 0 Å². The van der Waals surface area contributed by atoms with Gasteiger partial charge in [-0.05, 0) is 89.8 Å². The third-order valence-electron chi connectivity index (χ3n) is 12.7. The predicted octanol–water partition coefficient (Wildman–Crippen LogP) is 11.9. The summed E-state index contributed by atoms with van der Waals surface area (Å²) in [6.07, 6.45) is 7.64. The van der Waals surface area contributed by atoms with Crippen molar-refractivity contribution >= 4 is 40.9 Å². The monoisotopic (exact) mass is 724 g/mol. The molecule has 7 aromatic rings. The number of rotatable bonds is 4. The second-order valence-electron chi connectivity index (χ2n) is 17.4. The highest BCUT2D eigenvalue weighted by Crippen LogP contribution is 2.48. The summed E-state index contributed by atoms with van der Waals surface area (Å²) < 4.78 is 12.1. The number of hydrogen-bond donors (Lipinski definition) is 0. The molecule has 0 radical (unpaired) electrons. The second kappa shape index (κ2) is 13.1. The molecule has 9 rings (SSSR count). The van der Waals surface area contributed by atoms with Gasteiger partial charge in [0.15, 0.2) is 24.1 Å². The van der Waals surface area contributed by atoms with E-state index in [9.17, 15) is 0 Å². The second-order valence-corrected chi connectivity index (χ2v) is 22.4. The first-order valence-electron chi connectivity index (χ1n) is 19.9. The summed E-state index contributed by atoms with van der Waals surface area (Å²) in [5.41, 5.74) is 16.1. The molecule has 3 nitrogen and oxygen atoms in total. The van der Waals surface area contributed by atoms with Gasteiger partial charge in [0.1, 0.15) is 11.2 Å². The van der Waals surface area contributed by atoms with E-state index in [0.29, 0.717) is 17.8 Å². The molecule has 0 spiro atoms. The van der Waals surface area contributed by atoms with E-state index in [1.54, 1.807) is 0 Å². The van der Waals surface area contributed by atoms with E-state index >= 15 is 0 Å². The van der Waals surface area contributed by atoms with E-state index in [4.69, 9.17) is 11.0 Å². The standard InChI is InChI=1S/C50H52N2OSi/c1-31(2)34(5)36-24-25-51-33(4)27-44-40(38-18-12-13-19-39(38)43-26-32(3)47(30-52(43)44)54(6,7)8)23-22-37-28-42(35-16-10-9-11-17-35)49-41-20-14-15-21-46(41)53-50(49)48(37)45(51)29-36/h9-21,24-26,28-31,34,40,44H,4,22-23,27H2,1-3,5-8H3/q+2. The number of pyridine rings is 2. The van der Waals surface area contributed by atoms with Crippen molar-refractivity contribution in [3.63, 3.8) is 0 Å². The van der Waals surface area contributed by atoms with Gasteiger partial charge in [0.2, 0.25) is 11.4 Å². The average molecular weight is 725 g/mol. The van der Waals surface area contributed by atoms with E-state index < -0.39 is 8.07 Å². The zero-order chi connectivity index (χ0) is 37.5. The van der Waals surface area contributed by atoms with Crippen molar-refractivity contribution in [1.29, 1.82) is 0 Å². The van der Waals surface area contributed by atoms with E-state index in [1.807, 2.05) is 0 Å². The molecule has 270 valence electrons. The molecule has 0 fully saturated rings. The molecule has 2 aliphatic heterocycles. The Morgan fingerprint density at radius 3 is 2.33 bits per heavy atom. The first-order valence-corrected chi connectivity index (χ1v) is 23.4. The van der Waals surface area contributed by atoms with Crippen molar-refractivity contribution in [2.24, 2.45) is 5.92 Å². The molecule has 0 bridgehead atoms. The normalized spacial score (nSPS) is 17.4. The van der Waals surface area contributed by atoms with Gasteiger partial charge in [-0.2, -0.15) is 9.13 Å². The molecular weight excluding hydrogens is 673 g/mol. The largest absolute Gasteiger partial charge is 0.455 e. The van der Waals surface area contributed by atoms with E-state index in [-0.39, 0.29) is 6.04 Å². The molecule has 0 saturated carbocycles. The van der Waals surface area contributed by atoms with E-state index in [2.05, 4.69) is 172 Å². The fourth-order valence-electron chi connectivity index (χ4n) is 9.57. The molecule has 3 unspecified atom stereocenters. The molecule has 0 saturated heterocycles. The van der Waals surface area contributed by atoms with Crippen LogP contribution in [0.15, 0.2) is 127 Å². The Morgan fingerprint density at radius 1 is 0.815 bits per heavy atom. The van der Waals surface area contributed by atoms with Gasteiger partial charge in [0.05, 0.1) is 20.1 Å². The lowest BCUT2D eigenvalue weighted by Crippen LogP contribution is -2.54. The molecule has 54 heavy (non-hydrogen) atoms. The molecule has 4 aromatic carbocycles. The number of fused-ring (bicyclic) bond motifs is 13. The SMILES string of the molecule is C=C1CC2C(CCc3cc(-c4ccccc4)c4c(oc5ccccc54)c3-c3cc(C(C)C(C)C)cc[n+]31)c1ccccc1-c1cc(C)c([Si](C)(C)C)c[n+]12. The summed E-state index contributed by atoms with van der Waals surface area (Å²) >= 11 is 0. The Balaban J connectivity index is 1.35. The summed E-state index contributed by atoms with van der Waals surface area (Å²) in [7, 11) is -1.61. The Bertz CT molecular complexity index is 2610. The zero-order valence-corrected chi connectivity index (χ0v) is 33.9. The summed E-state index contributed by atoms with van der Waals surface area (Å²) in [6, 6.07) is 38.7. The van der Waals surface area contributed by atoms with Crippen molar-refractivity contribution in [3.8, 4) is 33.6 Å². The Kier molecular flexibility index (Phi) is 8.39. The average Bonchev–Trinajstić information content (AvgIpc) is 3.55. The highest BCUT2D eigenvalue weighted by Gasteiger charge is 2.44. The maximum Gasteiger partial charge on any atom is 0.222 e. The zero-order valence-electron chi connectivity index (χ0n) is 32.9. The number of aromatic nitrogens is 2. The van der Waals surface area contributed by atoms with Crippen LogP contribution in [0.2, 0.25) is 19.6 Å². The van der Waals surface area contributed by atoms with Gasteiger partial charge in [-0.25, -0.2) is 0 Å². The number of hydrogen-bond acceptors (Lipinski definition) is 1. The maximum absolute atomic E-state index is 7.04. The fourth-order valence-corrected chi connectivity index (χ4v) is 11.3. The molecule has 0 N–H and O–H groups in total. The third kappa shape index (κ3) is 5.60. The summed E-state index contributed by atoms with van der Waals surface area (Å²) in [4.78, 5) is 0.